The van der Waals surface area contributed by atoms with Crippen LogP contribution in [0.15, 0.2) is 36.5 Å². The second kappa shape index (κ2) is 8.31. The fourth-order valence-corrected chi connectivity index (χ4v) is 3.39. The first-order valence-corrected chi connectivity index (χ1v) is 8.84. The molecule has 6 heteroatoms. The van der Waals surface area contributed by atoms with E-state index < -0.39 is 0 Å². The van der Waals surface area contributed by atoms with Gasteiger partial charge < -0.3 is 10.6 Å². The maximum Gasteiger partial charge on any atom is 0.241 e. The summed E-state index contributed by atoms with van der Waals surface area (Å²) in [5.41, 5.74) is 2.19. The Bertz CT molecular complexity index is 679. The number of piperidine rings is 1. The van der Waals surface area contributed by atoms with E-state index in [1.807, 2.05) is 35.0 Å². The minimum atomic E-state index is -0.0178. The molecule has 24 heavy (non-hydrogen) atoms. The van der Waals surface area contributed by atoms with E-state index in [0.29, 0.717) is 12.5 Å². The summed E-state index contributed by atoms with van der Waals surface area (Å²) in [6.45, 7) is 2.87. The number of nitrogens with zero attached hydrogens (tertiary/aromatic N) is 2. The van der Waals surface area contributed by atoms with Gasteiger partial charge in [-0.3, -0.25) is 9.48 Å². The first-order valence-electron chi connectivity index (χ1n) is 8.46. The summed E-state index contributed by atoms with van der Waals surface area (Å²) in [6.07, 6.45) is 4.82. The Morgan fingerprint density at radius 1 is 1.38 bits per heavy atom. The van der Waals surface area contributed by atoms with Gasteiger partial charge in [-0.1, -0.05) is 29.8 Å². The van der Waals surface area contributed by atoms with E-state index in [1.165, 1.54) is 6.42 Å². The van der Waals surface area contributed by atoms with Crippen molar-refractivity contribution in [3.8, 4) is 0 Å². The standard InChI is InChI=1S/C18H23ClN4O/c19-16-6-2-1-4-14(16)7-10-21-18(24)13-23-17(8-11-22-23)15-5-3-9-20-12-15/h1-2,4,6,8,11,15,20H,3,5,7,9-10,12-13H2,(H,21,24)/t15-/m0/s1. The normalized spacial score (nSPS) is 17.6. The molecule has 5 nitrogen and oxygen atoms in total. The van der Waals surface area contributed by atoms with Gasteiger partial charge in [-0.05, 0) is 43.5 Å². The van der Waals surface area contributed by atoms with Crippen LogP contribution in [0.4, 0.5) is 0 Å². The van der Waals surface area contributed by atoms with Gasteiger partial charge in [0.2, 0.25) is 5.91 Å². The molecule has 2 aromatic rings. The quantitative estimate of drug-likeness (QED) is 0.844. The lowest BCUT2D eigenvalue weighted by atomic mass is 9.96. The highest BCUT2D eigenvalue weighted by molar-refractivity contribution is 6.31. The third-order valence-corrected chi connectivity index (χ3v) is 4.80. The third-order valence-electron chi connectivity index (χ3n) is 4.43. The molecule has 2 N–H and O–H groups in total. The number of halogens is 1. The van der Waals surface area contributed by atoms with Crippen LogP contribution in [0, 0.1) is 0 Å². The molecule has 0 saturated carbocycles. The number of carbonyl (C=O) groups excluding carboxylic acids is 1. The van der Waals surface area contributed by atoms with Crippen molar-refractivity contribution in [2.75, 3.05) is 19.6 Å². The molecule has 0 radical (unpaired) electrons. The minimum absolute atomic E-state index is 0.0178. The van der Waals surface area contributed by atoms with Crippen molar-refractivity contribution in [3.63, 3.8) is 0 Å². The highest BCUT2D eigenvalue weighted by Gasteiger charge is 2.19. The molecule has 1 atom stereocenters. The molecule has 1 saturated heterocycles. The number of hydrogen-bond acceptors (Lipinski definition) is 3. The molecular formula is C18H23ClN4O. The van der Waals surface area contributed by atoms with Gasteiger partial charge in [-0.2, -0.15) is 5.10 Å². The van der Waals surface area contributed by atoms with Crippen molar-refractivity contribution >= 4 is 17.5 Å². The lowest BCUT2D eigenvalue weighted by Crippen LogP contribution is -2.33. The molecule has 0 spiro atoms. The van der Waals surface area contributed by atoms with Crippen LogP contribution in [0.3, 0.4) is 0 Å². The summed E-state index contributed by atoms with van der Waals surface area (Å²) in [4.78, 5) is 12.2. The van der Waals surface area contributed by atoms with E-state index in [9.17, 15) is 4.79 Å². The number of nitrogens with one attached hydrogen (secondary N) is 2. The second-order valence-corrected chi connectivity index (χ2v) is 6.56. The van der Waals surface area contributed by atoms with Gasteiger partial charge in [0.15, 0.2) is 0 Å². The summed E-state index contributed by atoms with van der Waals surface area (Å²) in [5.74, 6) is 0.424. The molecule has 3 rings (SSSR count). The van der Waals surface area contributed by atoms with Gasteiger partial charge in [0, 0.05) is 35.9 Å². The Morgan fingerprint density at radius 2 is 2.25 bits per heavy atom. The van der Waals surface area contributed by atoms with Gasteiger partial charge in [0.1, 0.15) is 6.54 Å². The van der Waals surface area contributed by atoms with Gasteiger partial charge >= 0.3 is 0 Å². The monoisotopic (exact) mass is 346 g/mol. The van der Waals surface area contributed by atoms with E-state index in [4.69, 9.17) is 11.6 Å². The molecule has 1 aliphatic rings. The molecule has 1 fully saturated rings. The smallest absolute Gasteiger partial charge is 0.241 e. The lowest BCUT2D eigenvalue weighted by Gasteiger charge is -2.23. The Labute approximate surface area is 147 Å². The predicted octanol–water partition coefficient (Wildman–Crippen LogP) is 2.36. The Balaban J connectivity index is 1.50. The van der Waals surface area contributed by atoms with Crippen molar-refractivity contribution in [3.05, 3.63) is 52.8 Å². The highest BCUT2D eigenvalue weighted by atomic mass is 35.5. The molecule has 128 valence electrons. The van der Waals surface area contributed by atoms with Crippen molar-refractivity contribution < 1.29 is 4.79 Å². The molecule has 1 aliphatic heterocycles. The van der Waals surface area contributed by atoms with E-state index in [1.54, 1.807) is 6.20 Å². The van der Waals surface area contributed by atoms with Crippen LogP contribution in [-0.4, -0.2) is 35.3 Å². The highest BCUT2D eigenvalue weighted by Crippen LogP contribution is 2.22. The van der Waals surface area contributed by atoms with Crippen LogP contribution in [0.1, 0.15) is 30.0 Å². The van der Waals surface area contributed by atoms with Crippen LogP contribution in [-0.2, 0) is 17.8 Å². The minimum Gasteiger partial charge on any atom is -0.354 e. The third kappa shape index (κ3) is 4.36. The van der Waals surface area contributed by atoms with Crippen LogP contribution in [0.5, 0.6) is 0 Å². The van der Waals surface area contributed by atoms with Gasteiger partial charge in [-0.25, -0.2) is 0 Å². The fourth-order valence-electron chi connectivity index (χ4n) is 3.16. The summed E-state index contributed by atoms with van der Waals surface area (Å²) in [7, 11) is 0. The maximum atomic E-state index is 12.2. The zero-order chi connectivity index (χ0) is 16.8. The first kappa shape index (κ1) is 17.0. The molecule has 2 heterocycles. The second-order valence-electron chi connectivity index (χ2n) is 6.15. The van der Waals surface area contributed by atoms with Crippen LogP contribution >= 0.6 is 11.6 Å². The van der Waals surface area contributed by atoms with Crippen LogP contribution < -0.4 is 10.6 Å². The number of aromatic nitrogens is 2. The Morgan fingerprint density at radius 3 is 3.04 bits per heavy atom. The fraction of sp³-hybridized carbons (Fsp3) is 0.444. The van der Waals surface area contributed by atoms with Crippen molar-refractivity contribution in [1.29, 1.82) is 0 Å². The lowest BCUT2D eigenvalue weighted by molar-refractivity contribution is -0.121. The zero-order valence-electron chi connectivity index (χ0n) is 13.7. The number of carbonyl (C=O) groups is 1. The molecule has 0 unspecified atom stereocenters. The van der Waals surface area contributed by atoms with E-state index in [0.717, 1.165) is 42.2 Å². The predicted molar refractivity (Wildman–Crippen MR) is 95.2 cm³/mol. The van der Waals surface area contributed by atoms with Crippen molar-refractivity contribution in [2.24, 2.45) is 0 Å². The molecule has 1 aromatic heterocycles. The molecule has 0 aliphatic carbocycles. The SMILES string of the molecule is O=C(Cn1nccc1[C@H]1CCCNC1)NCCc1ccccc1Cl. The average Bonchev–Trinajstić information content (AvgIpc) is 3.05. The summed E-state index contributed by atoms with van der Waals surface area (Å²) < 4.78 is 1.82. The van der Waals surface area contributed by atoms with Gasteiger partial charge in [-0.15, -0.1) is 0 Å². The number of hydrogen-bond donors (Lipinski definition) is 2. The van der Waals surface area contributed by atoms with Crippen LogP contribution in [0.25, 0.3) is 0 Å². The zero-order valence-corrected chi connectivity index (χ0v) is 14.4. The summed E-state index contributed by atoms with van der Waals surface area (Å²) in [5, 5.41) is 11.4. The topological polar surface area (TPSA) is 59.0 Å². The van der Waals surface area contributed by atoms with Gasteiger partial charge in [0.25, 0.3) is 0 Å². The molecule has 1 aromatic carbocycles. The largest absolute Gasteiger partial charge is 0.354 e. The number of rotatable bonds is 6. The first-order chi connectivity index (χ1) is 11.7. The number of amides is 1. The van der Waals surface area contributed by atoms with E-state index >= 15 is 0 Å². The maximum absolute atomic E-state index is 12.2. The van der Waals surface area contributed by atoms with Crippen molar-refractivity contribution in [1.82, 2.24) is 20.4 Å². The average molecular weight is 347 g/mol. The molecule has 0 bridgehead atoms. The summed E-state index contributed by atoms with van der Waals surface area (Å²) in [6, 6.07) is 9.73. The van der Waals surface area contributed by atoms with Gasteiger partial charge in [0.05, 0.1) is 0 Å². The Hall–Kier alpha value is -1.85. The van der Waals surface area contributed by atoms with E-state index in [-0.39, 0.29) is 12.5 Å². The van der Waals surface area contributed by atoms with Crippen LogP contribution in [0.2, 0.25) is 5.02 Å². The Kier molecular flexibility index (Phi) is 5.88. The molecular weight excluding hydrogens is 324 g/mol. The number of benzene rings is 1. The molecule has 1 amide bonds. The van der Waals surface area contributed by atoms with Crippen molar-refractivity contribution in [2.45, 2.75) is 31.7 Å². The summed E-state index contributed by atoms with van der Waals surface area (Å²) >= 11 is 6.13. The van der Waals surface area contributed by atoms with E-state index in [2.05, 4.69) is 15.7 Å².